The van der Waals surface area contributed by atoms with Crippen LogP contribution in [0, 0.1) is 0 Å². The highest BCUT2D eigenvalue weighted by atomic mass is 35.6. The summed E-state index contributed by atoms with van der Waals surface area (Å²) < 4.78 is 3.44. The van der Waals surface area contributed by atoms with E-state index in [0.29, 0.717) is 11.8 Å². The van der Waals surface area contributed by atoms with Crippen molar-refractivity contribution in [3.63, 3.8) is 0 Å². The molecule has 0 saturated heterocycles. The molecule has 0 heterocycles. The van der Waals surface area contributed by atoms with Crippen LogP contribution in [-0.4, -0.2) is 22.4 Å². The van der Waals surface area contributed by atoms with Crippen molar-refractivity contribution in [1.82, 2.24) is 0 Å². The first kappa shape index (κ1) is 20.4. The lowest BCUT2D eigenvalue weighted by Crippen LogP contribution is -2.31. The molecule has 1 rings (SSSR count). The normalized spacial score (nSPS) is 13.3. The van der Waals surface area contributed by atoms with Gasteiger partial charge in [-0.3, -0.25) is 0 Å². The first-order valence-electron chi connectivity index (χ1n) is 7.65. The maximum Gasteiger partial charge on any atom is 0.328 e. The van der Waals surface area contributed by atoms with E-state index in [4.69, 9.17) is 39.5 Å². The Morgan fingerprint density at radius 3 is 1.96 bits per heavy atom. The molecule has 0 fully saturated rings. The molecule has 0 aliphatic carbocycles. The molecule has 0 bridgehead atoms. The van der Waals surface area contributed by atoms with Gasteiger partial charge in [-0.15, -0.1) is 0 Å². The standard InChI is InChI=1S/C17H24Cl3NO2/c1-10(2)13-7-6-8-14(11(3)4)15(13)21-12(5)16(22)23-9-17(18,19)20/h6-8,10-12,21H,9H2,1-5H3/t12-/m0/s1. The largest absolute Gasteiger partial charge is 0.460 e. The molecule has 1 aromatic carbocycles. The van der Waals surface area contributed by atoms with Crippen LogP contribution < -0.4 is 5.32 Å². The van der Waals surface area contributed by atoms with Crippen molar-refractivity contribution in [3.8, 4) is 0 Å². The molecule has 1 aromatic rings. The fourth-order valence-corrected chi connectivity index (χ4v) is 2.43. The lowest BCUT2D eigenvalue weighted by atomic mass is 9.92. The molecule has 1 N–H and O–H groups in total. The molecule has 130 valence electrons. The van der Waals surface area contributed by atoms with E-state index in [0.717, 1.165) is 16.8 Å². The lowest BCUT2D eigenvalue weighted by Gasteiger charge is -2.24. The van der Waals surface area contributed by atoms with Gasteiger partial charge in [-0.2, -0.15) is 0 Å². The number of anilines is 1. The monoisotopic (exact) mass is 379 g/mol. The summed E-state index contributed by atoms with van der Waals surface area (Å²) in [5.41, 5.74) is 3.31. The van der Waals surface area contributed by atoms with Crippen LogP contribution in [0.2, 0.25) is 0 Å². The Morgan fingerprint density at radius 1 is 1.09 bits per heavy atom. The molecular formula is C17H24Cl3NO2. The van der Waals surface area contributed by atoms with E-state index < -0.39 is 15.8 Å². The summed E-state index contributed by atoms with van der Waals surface area (Å²) in [6.07, 6.45) is 0. The van der Waals surface area contributed by atoms with Gasteiger partial charge in [0.1, 0.15) is 12.6 Å². The minimum atomic E-state index is -1.60. The minimum Gasteiger partial charge on any atom is -0.460 e. The van der Waals surface area contributed by atoms with Gasteiger partial charge in [0.15, 0.2) is 0 Å². The van der Waals surface area contributed by atoms with E-state index in [9.17, 15) is 4.79 Å². The summed E-state index contributed by atoms with van der Waals surface area (Å²) in [6, 6.07) is 5.64. The fraction of sp³-hybridized carbons (Fsp3) is 0.588. The fourth-order valence-electron chi connectivity index (χ4n) is 2.27. The number of para-hydroxylation sites is 1. The van der Waals surface area contributed by atoms with Crippen molar-refractivity contribution in [2.75, 3.05) is 11.9 Å². The van der Waals surface area contributed by atoms with E-state index in [1.807, 2.05) is 6.07 Å². The van der Waals surface area contributed by atoms with Gasteiger partial charge >= 0.3 is 5.97 Å². The van der Waals surface area contributed by atoms with E-state index >= 15 is 0 Å². The number of benzene rings is 1. The summed E-state index contributed by atoms with van der Waals surface area (Å²) in [4.78, 5) is 12.1. The Hall–Kier alpha value is -0.640. The SMILES string of the molecule is CC(C)c1cccc(C(C)C)c1N[C@@H](C)C(=O)OCC(Cl)(Cl)Cl. The summed E-state index contributed by atoms with van der Waals surface area (Å²) in [5.74, 6) is 0.214. The third-order valence-electron chi connectivity index (χ3n) is 3.47. The predicted molar refractivity (Wildman–Crippen MR) is 99.0 cm³/mol. The van der Waals surface area contributed by atoms with Gasteiger partial charge in [0.05, 0.1) is 0 Å². The van der Waals surface area contributed by atoms with Crippen LogP contribution in [0.25, 0.3) is 0 Å². The maximum atomic E-state index is 12.1. The van der Waals surface area contributed by atoms with Gasteiger partial charge in [0, 0.05) is 5.69 Å². The Labute approximate surface area is 153 Å². The second-order valence-electron chi connectivity index (χ2n) is 6.21. The van der Waals surface area contributed by atoms with Crippen molar-refractivity contribution in [2.45, 2.75) is 56.3 Å². The number of rotatable bonds is 6. The van der Waals surface area contributed by atoms with Crippen molar-refractivity contribution in [3.05, 3.63) is 29.3 Å². The van der Waals surface area contributed by atoms with Crippen LogP contribution >= 0.6 is 34.8 Å². The topological polar surface area (TPSA) is 38.3 Å². The molecule has 3 nitrogen and oxygen atoms in total. The number of halogens is 3. The van der Waals surface area contributed by atoms with Gasteiger partial charge < -0.3 is 10.1 Å². The quantitative estimate of drug-likeness (QED) is 0.512. The molecule has 0 amide bonds. The first-order valence-corrected chi connectivity index (χ1v) is 8.79. The third kappa shape index (κ3) is 6.40. The van der Waals surface area contributed by atoms with Crippen molar-refractivity contribution >= 4 is 46.5 Å². The Morgan fingerprint density at radius 2 is 1.57 bits per heavy atom. The van der Waals surface area contributed by atoms with Crippen molar-refractivity contribution < 1.29 is 9.53 Å². The van der Waals surface area contributed by atoms with Gasteiger partial charge in [-0.25, -0.2) is 4.79 Å². The number of carbonyl (C=O) groups is 1. The summed E-state index contributed by atoms with van der Waals surface area (Å²) in [7, 11) is 0. The maximum absolute atomic E-state index is 12.1. The van der Waals surface area contributed by atoms with Gasteiger partial charge in [-0.05, 0) is 29.9 Å². The zero-order chi connectivity index (χ0) is 17.8. The smallest absolute Gasteiger partial charge is 0.328 e. The summed E-state index contributed by atoms with van der Waals surface area (Å²) >= 11 is 16.8. The molecule has 0 radical (unpaired) electrons. The molecule has 1 atom stereocenters. The van der Waals surface area contributed by atoms with Crippen LogP contribution in [0.5, 0.6) is 0 Å². The summed E-state index contributed by atoms with van der Waals surface area (Å²) in [5, 5.41) is 3.27. The number of hydrogen-bond donors (Lipinski definition) is 1. The number of ether oxygens (including phenoxy) is 1. The number of alkyl halides is 3. The third-order valence-corrected chi connectivity index (χ3v) is 3.79. The Bertz CT molecular complexity index is 513. The molecule has 0 spiro atoms. The molecule has 23 heavy (non-hydrogen) atoms. The number of carbonyl (C=O) groups excluding carboxylic acids is 1. The van der Waals surface area contributed by atoms with E-state index in [-0.39, 0.29) is 6.61 Å². The van der Waals surface area contributed by atoms with Crippen LogP contribution in [0.15, 0.2) is 18.2 Å². The average molecular weight is 381 g/mol. The second-order valence-corrected chi connectivity index (χ2v) is 8.73. The molecule has 0 aromatic heterocycles. The van der Waals surface area contributed by atoms with Gasteiger partial charge in [-0.1, -0.05) is 80.7 Å². The minimum absolute atomic E-state index is 0.272. The molecule has 0 saturated carbocycles. The van der Waals surface area contributed by atoms with Crippen LogP contribution in [0.1, 0.15) is 57.6 Å². The number of nitrogens with one attached hydrogen (secondary N) is 1. The van der Waals surface area contributed by atoms with E-state index in [2.05, 4.69) is 45.1 Å². The summed E-state index contributed by atoms with van der Waals surface area (Å²) in [6.45, 7) is 9.95. The number of hydrogen-bond acceptors (Lipinski definition) is 3. The Balaban J connectivity index is 2.96. The van der Waals surface area contributed by atoms with Gasteiger partial charge in [0.2, 0.25) is 3.79 Å². The Kier molecular flexibility index (Phi) is 7.50. The molecule has 0 aliphatic heterocycles. The van der Waals surface area contributed by atoms with Crippen molar-refractivity contribution in [1.29, 1.82) is 0 Å². The average Bonchev–Trinajstić information content (AvgIpc) is 2.43. The zero-order valence-corrected chi connectivity index (χ0v) is 16.4. The highest BCUT2D eigenvalue weighted by Gasteiger charge is 2.25. The van der Waals surface area contributed by atoms with E-state index in [1.54, 1.807) is 6.92 Å². The van der Waals surface area contributed by atoms with Crippen LogP contribution in [-0.2, 0) is 9.53 Å². The molecule has 6 heteroatoms. The lowest BCUT2D eigenvalue weighted by molar-refractivity contribution is -0.144. The molecule has 0 aliphatic rings. The van der Waals surface area contributed by atoms with E-state index in [1.165, 1.54) is 0 Å². The van der Waals surface area contributed by atoms with Crippen molar-refractivity contribution in [2.24, 2.45) is 0 Å². The van der Waals surface area contributed by atoms with Gasteiger partial charge in [0.25, 0.3) is 0 Å². The second kappa shape index (κ2) is 8.46. The first-order chi connectivity index (χ1) is 10.5. The van der Waals surface area contributed by atoms with Crippen LogP contribution in [0.4, 0.5) is 5.69 Å². The highest BCUT2D eigenvalue weighted by molar-refractivity contribution is 6.67. The predicted octanol–water partition coefficient (Wildman–Crippen LogP) is 5.65. The zero-order valence-electron chi connectivity index (χ0n) is 14.1. The highest BCUT2D eigenvalue weighted by Crippen LogP contribution is 2.33. The molecule has 0 unspecified atom stereocenters. The van der Waals surface area contributed by atoms with Crippen LogP contribution in [0.3, 0.4) is 0 Å². The molecular weight excluding hydrogens is 357 g/mol. The number of esters is 1.